The Balaban J connectivity index is 1.55. The molecule has 4 rings (SSSR count). The molecule has 1 N–H and O–H groups in total. The predicted molar refractivity (Wildman–Crippen MR) is 112 cm³/mol. The van der Waals surface area contributed by atoms with E-state index in [1.807, 2.05) is 66.1 Å². The van der Waals surface area contributed by atoms with Gasteiger partial charge in [-0.15, -0.1) is 0 Å². The highest BCUT2D eigenvalue weighted by molar-refractivity contribution is 7.19. The minimum atomic E-state index is -0.126. The molecule has 4 aromatic rings. The lowest BCUT2D eigenvalue weighted by molar-refractivity contribution is 0.0954. The molecule has 28 heavy (non-hydrogen) atoms. The van der Waals surface area contributed by atoms with Crippen LogP contribution in [0.4, 0.5) is 0 Å². The van der Waals surface area contributed by atoms with Crippen molar-refractivity contribution in [2.24, 2.45) is 0 Å². The summed E-state index contributed by atoms with van der Waals surface area (Å²) in [6.45, 7) is 2.31. The molecule has 0 unspecified atom stereocenters. The molecule has 2 heterocycles. The molecule has 2 aromatic carbocycles. The van der Waals surface area contributed by atoms with Crippen molar-refractivity contribution in [2.75, 3.05) is 7.11 Å². The topological polar surface area (TPSA) is 55.6 Å². The Morgan fingerprint density at radius 1 is 1.21 bits per heavy atom. The van der Waals surface area contributed by atoms with Gasteiger partial charge < -0.3 is 10.1 Å². The first kappa shape index (κ1) is 18.5. The van der Waals surface area contributed by atoms with Crippen LogP contribution >= 0.6 is 22.9 Å². The van der Waals surface area contributed by atoms with E-state index in [0.29, 0.717) is 16.4 Å². The molecule has 0 aliphatic rings. The number of rotatable bonds is 5. The molecule has 1 amide bonds. The van der Waals surface area contributed by atoms with Crippen LogP contribution in [0.1, 0.15) is 20.9 Å². The molecule has 0 aliphatic carbocycles. The van der Waals surface area contributed by atoms with Crippen LogP contribution in [0.3, 0.4) is 0 Å². The number of imidazole rings is 1. The minimum Gasteiger partial charge on any atom is -0.497 e. The Labute approximate surface area is 171 Å². The second kappa shape index (κ2) is 7.66. The fraction of sp³-hybridized carbons (Fsp3) is 0.143. The molecule has 0 atom stereocenters. The average Bonchev–Trinajstić information content (AvgIpc) is 3.27. The van der Waals surface area contributed by atoms with E-state index in [4.69, 9.17) is 16.3 Å². The molecule has 7 heteroatoms. The number of hydrogen-bond acceptors (Lipinski definition) is 4. The Kier molecular flexibility index (Phi) is 5.07. The molecule has 0 spiro atoms. The SMILES string of the molecule is COc1ccc(-c2cn3c(C)c(C(=O)NCc4ccccc4Cl)sc3n2)cc1. The van der Waals surface area contributed by atoms with Gasteiger partial charge in [-0.25, -0.2) is 4.98 Å². The number of benzene rings is 2. The van der Waals surface area contributed by atoms with E-state index >= 15 is 0 Å². The number of aryl methyl sites for hydroxylation is 1. The van der Waals surface area contributed by atoms with Crippen molar-refractivity contribution in [3.63, 3.8) is 0 Å². The third-order valence-electron chi connectivity index (χ3n) is 4.55. The zero-order chi connectivity index (χ0) is 19.7. The first-order chi connectivity index (χ1) is 13.6. The number of fused-ring (bicyclic) bond motifs is 1. The minimum absolute atomic E-state index is 0.126. The third kappa shape index (κ3) is 3.48. The average molecular weight is 412 g/mol. The van der Waals surface area contributed by atoms with Gasteiger partial charge in [0.05, 0.1) is 12.8 Å². The van der Waals surface area contributed by atoms with Gasteiger partial charge in [0.15, 0.2) is 4.96 Å². The van der Waals surface area contributed by atoms with Gasteiger partial charge in [-0.1, -0.05) is 41.1 Å². The summed E-state index contributed by atoms with van der Waals surface area (Å²) in [5.41, 5.74) is 3.61. The summed E-state index contributed by atoms with van der Waals surface area (Å²) in [5.74, 6) is 0.678. The van der Waals surface area contributed by atoms with Gasteiger partial charge in [0.2, 0.25) is 0 Å². The quantitative estimate of drug-likeness (QED) is 0.504. The van der Waals surface area contributed by atoms with Crippen LogP contribution in [0, 0.1) is 6.92 Å². The van der Waals surface area contributed by atoms with Crippen LogP contribution in [-0.4, -0.2) is 22.4 Å². The molecule has 5 nitrogen and oxygen atoms in total. The number of nitrogens with zero attached hydrogens (tertiary/aromatic N) is 2. The van der Waals surface area contributed by atoms with Crippen molar-refractivity contribution in [1.29, 1.82) is 0 Å². The smallest absolute Gasteiger partial charge is 0.263 e. The molecule has 2 aromatic heterocycles. The monoisotopic (exact) mass is 411 g/mol. The number of carbonyl (C=O) groups is 1. The van der Waals surface area contributed by atoms with Crippen molar-refractivity contribution in [1.82, 2.24) is 14.7 Å². The number of amides is 1. The summed E-state index contributed by atoms with van der Waals surface area (Å²) in [7, 11) is 1.64. The number of methoxy groups -OCH3 is 1. The van der Waals surface area contributed by atoms with Gasteiger partial charge in [-0.05, 0) is 42.8 Å². The van der Waals surface area contributed by atoms with Crippen molar-refractivity contribution in [2.45, 2.75) is 13.5 Å². The van der Waals surface area contributed by atoms with Crippen LogP contribution < -0.4 is 10.1 Å². The van der Waals surface area contributed by atoms with Gasteiger partial charge in [0.25, 0.3) is 5.91 Å². The Morgan fingerprint density at radius 3 is 2.64 bits per heavy atom. The molecule has 0 saturated carbocycles. The van der Waals surface area contributed by atoms with E-state index in [0.717, 1.165) is 33.2 Å². The highest BCUT2D eigenvalue weighted by atomic mass is 35.5. The van der Waals surface area contributed by atoms with E-state index in [9.17, 15) is 4.79 Å². The van der Waals surface area contributed by atoms with E-state index in [1.54, 1.807) is 7.11 Å². The number of thiazole rings is 1. The summed E-state index contributed by atoms with van der Waals surface area (Å²) < 4.78 is 7.15. The Morgan fingerprint density at radius 2 is 1.96 bits per heavy atom. The fourth-order valence-electron chi connectivity index (χ4n) is 2.96. The number of ether oxygens (including phenoxy) is 1. The third-order valence-corrected chi connectivity index (χ3v) is 6.07. The van der Waals surface area contributed by atoms with Crippen molar-refractivity contribution in [3.8, 4) is 17.0 Å². The van der Waals surface area contributed by atoms with E-state index in [1.165, 1.54) is 11.3 Å². The standard InChI is InChI=1S/C21H18ClN3O2S/c1-13-19(20(26)23-11-15-5-3-4-6-17(15)22)28-21-24-18(12-25(13)21)14-7-9-16(27-2)10-8-14/h3-10,12H,11H2,1-2H3,(H,23,26). The van der Waals surface area contributed by atoms with E-state index in [2.05, 4.69) is 10.3 Å². The first-order valence-electron chi connectivity index (χ1n) is 8.71. The second-order valence-corrected chi connectivity index (χ2v) is 7.68. The highest BCUT2D eigenvalue weighted by Crippen LogP contribution is 2.28. The molecule has 142 valence electrons. The lowest BCUT2D eigenvalue weighted by atomic mass is 10.2. The molecule has 0 fully saturated rings. The van der Waals surface area contributed by atoms with Crippen molar-refractivity contribution < 1.29 is 9.53 Å². The van der Waals surface area contributed by atoms with Crippen LogP contribution in [0.2, 0.25) is 5.02 Å². The van der Waals surface area contributed by atoms with Crippen LogP contribution in [-0.2, 0) is 6.54 Å². The van der Waals surface area contributed by atoms with Gasteiger partial charge in [0.1, 0.15) is 10.6 Å². The fourth-order valence-corrected chi connectivity index (χ4v) is 4.19. The van der Waals surface area contributed by atoms with E-state index < -0.39 is 0 Å². The maximum Gasteiger partial charge on any atom is 0.263 e. The molecular weight excluding hydrogens is 394 g/mol. The number of hydrogen-bond donors (Lipinski definition) is 1. The van der Waals surface area contributed by atoms with Crippen LogP contribution in [0.5, 0.6) is 5.75 Å². The molecule has 0 radical (unpaired) electrons. The number of carbonyl (C=O) groups excluding carboxylic acids is 1. The highest BCUT2D eigenvalue weighted by Gasteiger charge is 2.18. The lowest BCUT2D eigenvalue weighted by Crippen LogP contribution is -2.22. The van der Waals surface area contributed by atoms with Crippen molar-refractivity contribution in [3.05, 3.63) is 75.9 Å². The zero-order valence-corrected chi connectivity index (χ0v) is 17.0. The predicted octanol–water partition coefficient (Wildman–Crippen LogP) is 4.96. The number of nitrogens with one attached hydrogen (secondary N) is 1. The lowest BCUT2D eigenvalue weighted by Gasteiger charge is -2.06. The summed E-state index contributed by atoms with van der Waals surface area (Å²) in [6, 6.07) is 15.2. The van der Waals surface area contributed by atoms with E-state index in [-0.39, 0.29) is 5.91 Å². The van der Waals surface area contributed by atoms with Gasteiger partial charge in [-0.3, -0.25) is 9.20 Å². The molecular formula is C21H18ClN3O2S. The molecule has 0 bridgehead atoms. The molecule has 0 aliphatic heterocycles. The number of aromatic nitrogens is 2. The van der Waals surface area contributed by atoms with Gasteiger partial charge in [-0.2, -0.15) is 0 Å². The summed E-state index contributed by atoms with van der Waals surface area (Å²) in [6.07, 6.45) is 1.95. The van der Waals surface area contributed by atoms with Crippen LogP contribution in [0.15, 0.2) is 54.7 Å². The summed E-state index contributed by atoms with van der Waals surface area (Å²) >= 11 is 7.53. The first-order valence-corrected chi connectivity index (χ1v) is 9.91. The number of halogens is 1. The Hall–Kier alpha value is -2.83. The maximum atomic E-state index is 12.6. The van der Waals surface area contributed by atoms with Crippen molar-refractivity contribution >= 4 is 33.8 Å². The maximum absolute atomic E-state index is 12.6. The summed E-state index contributed by atoms with van der Waals surface area (Å²) in [4.78, 5) is 18.8. The molecule has 0 saturated heterocycles. The second-order valence-electron chi connectivity index (χ2n) is 6.30. The van der Waals surface area contributed by atoms with Crippen LogP contribution in [0.25, 0.3) is 16.2 Å². The Bertz CT molecular complexity index is 1150. The van der Waals surface area contributed by atoms with Gasteiger partial charge >= 0.3 is 0 Å². The zero-order valence-electron chi connectivity index (χ0n) is 15.4. The largest absolute Gasteiger partial charge is 0.497 e. The van der Waals surface area contributed by atoms with Gasteiger partial charge in [0, 0.05) is 29.0 Å². The summed E-state index contributed by atoms with van der Waals surface area (Å²) in [5, 5.41) is 3.58. The normalized spacial score (nSPS) is 11.0.